The molecule has 0 saturated carbocycles. The van der Waals surface area contributed by atoms with Crippen LogP contribution in [0.25, 0.3) is 11.4 Å². The Morgan fingerprint density at radius 2 is 1.92 bits per heavy atom. The van der Waals surface area contributed by atoms with Crippen molar-refractivity contribution in [3.05, 3.63) is 35.2 Å². The fourth-order valence-corrected chi connectivity index (χ4v) is 3.92. The molecule has 6 heteroatoms. The zero-order valence-electron chi connectivity index (χ0n) is 13.9. The van der Waals surface area contributed by atoms with Gasteiger partial charge in [-0.15, -0.1) is 0 Å². The van der Waals surface area contributed by atoms with Gasteiger partial charge in [0.1, 0.15) is 0 Å². The third-order valence-corrected chi connectivity index (χ3v) is 5.72. The van der Waals surface area contributed by atoms with Crippen molar-refractivity contribution in [1.82, 2.24) is 15.0 Å². The second-order valence-corrected chi connectivity index (χ2v) is 7.41. The third kappa shape index (κ3) is 3.08. The zero-order chi connectivity index (χ0) is 16.6. The van der Waals surface area contributed by atoms with Gasteiger partial charge >= 0.3 is 0 Å². The van der Waals surface area contributed by atoms with Crippen LogP contribution in [0, 0.1) is 5.41 Å². The second-order valence-electron chi connectivity index (χ2n) is 6.97. The average Bonchev–Trinajstić information content (AvgIpc) is 3.24. The van der Waals surface area contributed by atoms with E-state index in [9.17, 15) is 0 Å². The average molecular weight is 348 g/mol. The highest BCUT2D eigenvalue weighted by molar-refractivity contribution is 6.30. The highest BCUT2D eigenvalue weighted by Crippen LogP contribution is 2.42. The quantitative estimate of drug-likeness (QED) is 0.841. The first-order valence-corrected chi connectivity index (χ1v) is 8.94. The maximum atomic E-state index is 5.93. The van der Waals surface area contributed by atoms with E-state index in [1.807, 2.05) is 24.3 Å². The van der Waals surface area contributed by atoms with Gasteiger partial charge < -0.3 is 9.26 Å². The van der Waals surface area contributed by atoms with Crippen LogP contribution in [0.4, 0.5) is 0 Å². The van der Waals surface area contributed by atoms with Crippen LogP contribution in [0.15, 0.2) is 28.8 Å². The Morgan fingerprint density at radius 1 is 1.17 bits per heavy atom. The summed E-state index contributed by atoms with van der Waals surface area (Å²) >= 11 is 5.93. The summed E-state index contributed by atoms with van der Waals surface area (Å²) in [5.74, 6) is 1.30. The lowest BCUT2D eigenvalue weighted by atomic mass is 9.80. The van der Waals surface area contributed by atoms with E-state index in [1.165, 1.54) is 6.42 Å². The number of halogens is 1. The van der Waals surface area contributed by atoms with E-state index >= 15 is 0 Å². The molecule has 1 aromatic carbocycles. The zero-order valence-corrected chi connectivity index (χ0v) is 14.6. The first-order chi connectivity index (χ1) is 11.7. The molecule has 2 saturated heterocycles. The van der Waals surface area contributed by atoms with E-state index in [4.69, 9.17) is 20.9 Å². The van der Waals surface area contributed by atoms with Crippen LogP contribution in [0.5, 0.6) is 0 Å². The van der Waals surface area contributed by atoms with Crippen molar-refractivity contribution in [1.29, 1.82) is 0 Å². The van der Waals surface area contributed by atoms with Crippen LogP contribution >= 0.6 is 11.6 Å². The molecule has 0 radical (unpaired) electrons. The Bertz CT molecular complexity index is 695. The number of aromatic nitrogens is 2. The first-order valence-electron chi connectivity index (χ1n) is 8.57. The lowest BCUT2D eigenvalue weighted by Crippen LogP contribution is -2.34. The summed E-state index contributed by atoms with van der Waals surface area (Å²) in [7, 11) is 0. The minimum absolute atomic E-state index is 0.140. The summed E-state index contributed by atoms with van der Waals surface area (Å²) in [4.78, 5) is 7.06. The van der Waals surface area contributed by atoms with Crippen molar-refractivity contribution in [3.8, 4) is 11.4 Å². The first kappa shape index (κ1) is 16.1. The van der Waals surface area contributed by atoms with Crippen LogP contribution in [-0.4, -0.2) is 41.3 Å². The molecule has 3 heterocycles. The molecule has 1 aromatic heterocycles. The van der Waals surface area contributed by atoms with Crippen molar-refractivity contribution in [3.63, 3.8) is 0 Å². The number of hydrogen-bond donors (Lipinski definition) is 0. The molecule has 2 aromatic rings. The van der Waals surface area contributed by atoms with Crippen molar-refractivity contribution in [2.24, 2.45) is 5.41 Å². The molecule has 24 heavy (non-hydrogen) atoms. The molecule has 128 valence electrons. The third-order valence-electron chi connectivity index (χ3n) is 5.47. The van der Waals surface area contributed by atoms with E-state index < -0.39 is 0 Å². The SMILES string of the molecule is CC(c1nc(-c2ccc(Cl)cc2)no1)N1CCC2(CCOCC2)C1. The number of nitrogens with zero attached hydrogens (tertiary/aromatic N) is 3. The maximum absolute atomic E-state index is 5.93. The van der Waals surface area contributed by atoms with Gasteiger partial charge in [0.15, 0.2) is 0 Å². The van der Waals surface area contributed by atoms with Gasteiger partial charge in [0, 0.05) is 30.3 Å². The lowest BCUT2D eigenvalue weighted by molar-refractivity contribution is 0.0167. The van der Waals surface area contributed by atoms with Gasteiger partial charge in [0.2, 0.25) is 11.7 Å². The number of likely N-dealkylation sites (tertiary alicyclic amines) is 1. The smallest absolute Gasteiger partial charge is 0.244 e. The predicted octanol–water partition coefficient (Wildman–Crippen LogP) is 3.95. The van der Waals surface area contributed by atoms with Crippen molar-refractivity contribution in [2.45, 2.75) is 32.2 Å². The molecule has 4 rings (SSSR count). The highest BCUT2D eigenvalue weighted by atomic mass is 35.5. The summed E-state index contributed by atoms with van der Waals surface area (Å²) in [6.07, 6.45) is 3.56. The number of hydrogen-bond acceptors (Lipinski definition) is 5. The molecule has 1 unspecified atom stereocenters. The molecule has 0 aliphatic carbocycles. The summed E-state index contributed by atoms with van der Waals surface area (Å²) in [6, 6.07) is 7.64. The Labute approximate surface area is 146 Å². The van der Waals surface area contributed by atoms with Crippen molar-refractivity contribution in [2.75, 3.05) is 26.3 Å². The summed E-state index contributed by atoms with van der Waals surface area (Å²) in [5.41, 5.74) is 1.34. The Morgan fingerprint density at radius 3 is 2.67 bits per heavy atom. The Hall–Kier alpha value is -1.43. The molecular weight excluding hydrogens is 326 g/mol. The molecule has 0 amide bonds. The van der Waals surface area contributed by atoms with Crippen LogP contribution in [0.1, 0.15) is 38.1 Å². The van der Waals surface area contributed by atoms with E-state index in [0.29, 0.717) is 22.2 Å². The van der Waals surface area contributed by atoms with Gasteiger partial charge in [-0.2, -0.15) is 4.98 Å². The number of benzene rings is 1. The van der Waals surface area contributed by atoms with Gasteiger partial charge in [0.25, 0.3) is 0 Å². The van der Waals surface area contributed by atoms with Crippen molar-refractivity contribution < 1.29 is 9.26 Å². The van der Waals surface area contributed by atoms with Gasteiger partial charge in [-0.05, 0) is 62.4 Å². The molecule has 0 N–H and O–H groups in total. The molecule has 2 fully saturated rings. The molecule has 1 atom stereocenters. The normalized spacial score (nSPS) is 22.1. The molecule has 2 aliphatic heterocycles. The van der Waals surface area contributed by atoms with Crippen molar-refractivity contribution >= 4 is 11.6 Å². The number of ether oxygens (including phenoxy) is 1. The lowest BCUT2D eigenvalue weighted by Gasteiger charge is -2.34. The van der Waals surface area contributed by atoms with E-state index in [1.54, 1.807) is 0 Å². The second kappa shape index (κ2) is 6.47. The highest BCUT2D eigenvalue weighted by Gasteiger charge is 2.41. The molecule has 0 bridgehead atoms. The minimum atomic E-state index is 0.140. The molecule has 1 spiro atoms. The van der Waals surface area contributed by atoms with E-state index in [2.05, 4.69) is 22.0 Å². The maximum Gasteiger partial charge on any atom is 0.244 e. The monoisotopic (exact) mass is 347 g/mol. The standard InChI is InChI=1S/C18H22ClN3O2/c1-13(22-9-6-18(12-22)7-10-23-11-8-18)17-20-16(21-24-17)14-2-4-15(19)5-3-14/h2-5,13H,6-12H2,1H3. The van der Waals surface area contributed by atoms with Crippen LogP contribution in [0.2, 0.25) is 5.02 Å². The fraction of sp³-hybridized carbons (Fsp3) is 0.556. The van der Waals surface area contributed by atoms with Crippen LogP contribution in [0.3, 0.4) is 0 Å². The molecule has 5 nitrogen and oxygen atoms in total. The predicted molar refractivity (Wildman–Crippen MR) is 91.8 cm³/mol. The van der Waals surface area contributed by atoms with Gasteiger partial charge in [-0.1, -0.05) is 16.8 Å². The van der Waals surface area contributed by atoms with Crippen LogP contribution < -0.4 is 0 Å². The Kier molecular flexibility index (Phi) is 4.33. The molecule has 2 aliphatic rings. The van der Waals surface area contributed by atoms with Gasteiger partial charge in [0.05, 0.1) is 6.04 Å². The molecular formula is C18H22ClN3O2. The van der Waals surface area contributed by atoms with Gasteiger partial charge in [-0.3, -0.25) is 4.90 Å². The van der Waals surface area contributed by atoms with E-state index in [0.717, 1.165) is 44.7 Å². The minimum Gasteiger partial charge on any atom is -0.381 e. The fourth-order valence-electron chi connectivity index (χ4n) is 3.79. The number of rotatable bonds is 3. The van der Waals surface area contributed by atoms with Crippen LogP contribution in [-0.2, 0) is 4.74 Å². The Balaban J connectivity index is 1.47. The summed E-state index contributed by atoms with van der Waals surface area (Å²) in [6.45, 7) is 6.11. The largest absolute Gasteiger partial charge is 0.381 e. The topological polar surface area (TPSA) is 51.4 Å². The van der Waals surface area contributed by atoms with E-state index in [-0.39, 0.29) is 6.04 Å². The summed E-state index contributed by atoms with van der Waals surface area (Å²) < 4.78 is 11.1. The summed E-state index contributed by atoms with van der Waals surface area (Å²) in [5, 5.41) is 4.84. The van der Waals surface area contributed by atoms with Gasteiger partial charge in [-0.25, -0.2) is 0 Å².